The van der Waals surface area contributed by atoms with Crippen LogP contribution in [0, 0.1) is 0 Å². The van der Waals surface area contributed by atoms with Gasteiger partial charge in [-0.1, -0.05) is 30.3 Å². The third kappa shape index (κ3) is 3.55. The molecule has 19 heavy (non-hydrogen) atoms. The molecule has 0 amide bonds. The van der Waals surface area contributed by atoms with Gasteiger partial charge in [-0.15, -0.1) is 0 Å². The summed E-state index contributed by atoms with van der Waals surface area (Å²) < 4.78 is 0. The number of hydrogen-bond acceptors (Lipinski definition) is 3. The molecule has 1 aliphatic heterocycles. The minimum absolute atomic E-state index is 0.371. The summed E-state index contributed by atoms with van der Waals surface area (Å²) in [5, 5.41) is 0.566. The van der Waals surface area contributed by atoms with E-state index in [-0.39, 0.29) is 0 Å². The topological polar surface area (TPSA) is 33.2 Å². The van der Waals surface area contributed by atoms with Crippen molar-refractivity contribution in [2.45, 2.75) is 19.5 Å². The Morgan fingerprint density at radius 3 is 3.11 bits per heavy atom. The summed E-state index contributed by atoms with van der Waals surface area (Å²) in [6, 6.07) is 4.01. The highest BCUT2D eigenvalue weighted by Crippen LogP contribution is 2.24. The van der Waals surface area contributed by atoms with E-state index in [0.717, 1.165) is 30.8 Å². The van der Waals surface area contributed by atoms with Gasteiger partial charge in [0.1, 0.15) is 6.29 Å². The number of hydrogen-bond donors (Lipinski definition) is 0. The molecule has 98 valence electrons. The summed E-state index contributed by atoms with van der Waals surface area (Å²) >= 11 is 6.06. The first-order chi connectivity index (χ1) is 9.20. The molecule has 0 saturated heterocycles. The molecule has 0 bridgehead atoms. The molecule has 0 aromatic carbocycles. The molecule has 2 heterocycles. The van der Waals surface area contributed by atoms with Crippen LogP contribution < -0.4 is 0 Å². The molecule has 0 atom stereocenters. The van der Waals surface area contributed by atoms with E-state index < -0.39 is 0 Å². The van der Waals surface area contributed by atoms with Crippen molar-refractivity contribution >= 4 is 17.9 Å². The number of carbonyl (C=O) groups is 1. The second kappa shape index (κ2) is 6.34. The second-order valence-electron chi connectivity index (χ2n) is 4.29. The fraction of sp³-hybridized carbons (Fsp3) is 0.200. The van der Waals surface area contributed by atoms with E-state index in [1.807, 2.05) is 6.07 Å². The zero-order valence-electron chi connectivity index (χ0n) is 10.6. The molecule has 1 aromatic heterocycles. The van der Waals surface area contributed by atoms with E-state index in [4.69, 9.17) is 11.6 Å². The van der Waals surface area contributed by atoms with Crippen molar-refractivity contribution in [3.05, 3.63) is 65.1 Å². The van der Waals surface area contributed by atoms with Crippen molar-refractivity contribution in [1.82, 2.24) is 9.88 Å². The zero-order valence-corrected chi connectivity index (χ0v) is 11.3. The molecule has 1 aliphatic rings. The van der Waals surface area contributed by atoms with Crippen LogP contribution in [0.25, 0.3) is 0 Å². The van der Waals surface area contributed by atoms with Crippen molar-refractivity contribution in [3.8, 4) is 0 Å². The third-order valence-corrected chi connectivity index (χ3v) is 3.14. The lowest BCUT2D eigenvalue weighted by molar-refractivity contribution is -0.107. The second-order valence-corrected chi connectivity index (χ2v) is 4.73. The molecule has 4 heteroatoms. The van der Waals surface area contributed by atoms with Crippen LogP contribution in [0.1, 0.15) is 17.7 Å². The molecule has 1 aromatic rings. The van der Waals surface area contributed by atoms with Crippen LogP contribution in [0.4, 0.5) is 0 Å². The van der Waals surface area contributed by atoms with Crippen LogP contribution in [-0.4, -0.2) is 16.2 Å². The van der Waals surface area contributed by atoms with Crippen molar-refractivity contribution < 1.29 is 4.79 Å². The Kier molecular flexibility index (Phi) is 4.53. The van der Waals surface area contributed by atoms with E-state index in [9.17, 15) is 4.79 Å². The highest BCUT2D eigenvalue weighted by molar-refractivity contribution is 6.31. The summed E-state index contributed by atoms with van der Waals surface area (Å²) in [6.45, 7) is 5.59. The Bertz CT molecular complexity index is 524. The summed E-state index contributed by atoms with van der Waals surface area (Å²) in [6.07, 6.45) is 8.24. The average Bonchev–Trinajstić information content (AvgIpc) is 2.83. The third-order valence-electron chi connectivity index (χ3n) is 2.91. The Morgan fingerprint density at radius 2 is 2.37 bits per heavy atom. The molecule has 2 rings (SSSR count). The van der Waals surface area contributed by atoms with Gasteiger partial charge in [0, 0.05) is 29.9 Å². The van der Waals surface area contributed by atoms with Crippen molar-refractivity contribution in [2.24, 2.45) is 0 Å². The quantitative estimate of drug-likeness (QED) is 0.611. The normalized spacial score (nSPS) is 14.8. The number of halogens is 1. The number of aldehydes is 1. The number of aromatic nitrogens is 1. The minimum Gasteiger partial charge on any atom is -0.362 e. The predicted octanol–water partition coefficient (Wildman–Crippen LogP) is 3.18. The van der Waals surface area contributed by atoms with E-state index in [0.29, 0.717) is 11.5 Å². The summed E-state index contributed by atoms with van der Waals surface area (Å²) in [5.41, 5.74) is 3.16. The molecule has 0 spiro atoms. The van der Waals surface area contributed by atoms with Crippen LogP contribution >= 0.6 is 11.6 Å². The number of carbonyl (C=O) groups excluding carboxylic acids is 1. The standard InChI is InChI=1S/C15H15ClN2O/c1-12(9-14(16)6-2-3-8-19)18-10-13-5-4-7-17-15(13)11-18/h2,4-9H,1,3,10-11H2/b6-2-,14-9+. The Hall–Kier alpha value is -1.87. The van der Waals surface area contributed by atoms with Gasteiger partial charge in [0.15, 0.2) is 0 Å². The van der Waals surface area contributed by atoms with Crippen molar-refractivity contribution in [2.75, 3.05) is 0 Å². The predicted molar refractivity (Wildman–Crippen MR) is 76.4 cm³/mol. The number of nitrogens with zero attached hydrogens (tertiary/aromatic N) is 2. The summed E-state index contributed by atoms with van der Waals surface area (Å²) in [5.74, 6) is 0. The van der Waals surface area contributed by atoms with E-state index >= 15 is 0 Å². The fourth-order valence-electron chi connectivity index (χ4n) is 1.94. The van der Waals surface area contributed by atoms with Gasteiger partial charge < -0.3 is 9.69 Å². The number of allylic oxidation sites excluding steroid dienone is 4. The maximum Gasteiger partial charge on any atom is 0.123 e. The Balaban J connectivity index is 1.99. The van der Waals surface area contributed by atoms with Crippen LogP contribution in [0.2, 0.25) is 0 Å². The van der Waals surface area contributed by atoms with Gasteiger partial charge in [0.25, 0.3) is 0 Å². The van der Waals surface area contributed by atoms with Gasteiger partial charge in [-0.2, -0.15) is 0 Å². The van der Waals surface area contributed by atoms with Gasteiger partial charge in [-0.25, -0.2) is 0 Å². The number of rotatable bonds is 5. The molecular formula is C15H15ClN2O. The first-order valence-electron chi connectivity index (χ1n) is 6.04. The van der Waals surface area contributed by atoms with Gasteiger partial charge >= 0.3 is 0 Å². The monoisotopic (exact) mass is 274 g/mol. The molecule has 0 unspecified atom stereocenters. The summed E-state index contributed by atoms with van der Waals surface area (Å²) in [4.78, 5) is 16.7. The molecule has 0 N–H and O–H groups in total. The van der Waals surface area contributed by atoms with Crippen LogP contribution in [0.15, 0.2) is 53.9 Å². The smallest absolute Gasteiger partial charge is 0.123 e. The van der Waals surface area contributed by atoms with Gasteiger partial charge in [0.05, 0.1) is 12.2 Å². The highest BCUT2D eigenvalue weighted by atomic mass is 35.5. The Labute approximate surface area is 117 Å². The Morgan fingerprint density at radius 1 is 1.53 bits per heavy atom. The van der Waals surface area contributed by atoms with Gasteiger partial charge in [-0.05, 0) is 23.8 Å². The van der Waals surface area contributed by atoms with Crippen molar-refractivity contribution in [1.29, 1.82) is 0 Å². The maximum atomic E-state index is 10.2. The van der Waals surface area contributed by atoms with E-state index in [1.54, 1.807) is 24.4 Å². The minimum atomic E-state index is 0.371. The van der Waals surface area contributed by atoms with E-state index in [1.165, 1.54) is 5.56 Å². The first-order valence-corrected chi connectivity index (χ1v) is 6.42. The average molecular weight is 275 g/mol. The zero-order chi connectivity index (χ0) is 13.7. The van der Waals surface area contributed by atoms with Gasteiger partial charge in [-0.3, -0.25) is 4.98 Å². The highest BCUT2D eigenvalue weighted by Gasteiger charge is 2.19. The van der Waals surface area contributed by atoms with E-state index in [2.05, 4.69) is 22.5 Å². The van der Waals surface area contributed by atoms with Crippen LogP contribution in [0.5, 0.6) is 0 Å². The SMILES string of the molecule is C=C(/C=C(Cl)\C=C/CC=O)N1Cc2cccnc2C1. The fourth-order valence-corrected chi connectivity index (χ4v) is 2.15. The molecular weight excluding hydrogens is 260 g/mol. The molecule has 0 radical (unpaired) electrons. The molecule has 0 aliphatic carbocycles. The largest absolute Gasteiger partial charge is 0.362 e. The number of fused-ring (bicyclic) bond motifs is 1. The lowest BCUT2D eigenvalue weighted by Crippen LogP contribution is -2.13. The molecule has 3 nitrogen and oxygen atoms in total. The van der Waals surface area contributed by atoms with Crippen LogP contribution in [0.3, 0.4) is 0 Å². The van der Waals surface area contributed by atoms with Crippen LogP contribution in [-0.2, 0) is 17.9 Å². The molecule has 0 saturated carbocycles. The lowest BCUT2D eigenvalue weighted by Gasteiger charge is -2.17. The van der Waals surface area contributed by atoms with Crippen molar-refractivity contribution in [3.63, 3.8) is 0 Å². The lowest BCUT2D eigenvalue weighted by atomic mass is 10.2. The maximum absolute atomic E-state index is 10.2. The molecule has 0 fully saturated rings. The van der Waals surface area contributed by atoms with Gasteiger partial charge in [0.2, 0.25) is 0 Å². The summed E-state index contributed by atoms with van der Waals surface area (Å²) in [7, 11) is 0. The number of pyridine rings is 1. The first kappa shape index (κ1) is 13.6.